The quantitative estimate of drug-likeness (QED) is 0.600. The normalized spacial score (nSPS) is 26.7. The van der Waals surface area contributed by atoms with Crippen LogP contribution in [0, 0.1) is 5.92 Å². The molecule has 1 amide bonds. The monoisotopic (exact) mass is 199 g/mol. The SMILES string of the molecule is C[C@H]1[C@H](C=O)CN1C(=O)OC(C)(C)C. The number of hydrogen-bond donors (Lipinski definition) is 0. The number of ether oxygens (including phenoxy) is 1. The Kier molecular flexibility index (Phi) is 2.83. The molecular weight excluding hydrogens is 182 g/mol. The fourth-order valence-corrected chi connectivity index (χ4v) is 1.36. The number of amides is 1. The predicted octanol–water partition coefficient (Wildman–Crippen LogP) is 1.44. The molecule has 14 heavy (non-hydrogen) atoms. The predicted molar refractivity (Wildman–Crippen MR) is 52.0 cm³/mol. The smallest absolute Gasteiger partial charge is 0.410 e. The van der Waals surface area contributed by atoms with Gasteiger partial charge in [-0.1, -0.05) is 0 Å². The summed E-state index contributed by atoms with van der Waals surface area (Å²) in [4.78, 5) is 23.5. The third kappa shape index (κ3) is 2.25. The van der Waals surface area contributed by atoms with Crippen molar-refractivity contribution >= 4 is 12.4 Å². The lowest BCUT2D eigenvalue weighted by molar-refractivity contribution is -0.118. The van der Waals surface area contributed by atoms with E-state index in [4.69, 9.17) is 4.74 Å². The Hall–Kier alpha value is -1.06. The minimum absolute atomic E-state index is 0.0254. The molecule has 1 aliphatic rings. The first-order chi connectivity index (χ1) is 6.35. The van der Waals surface area contributed by atoms with E-state index >= 15 is 0 Å². The molecule has 0 unspecified atom stereocenters. The molecule has 80 valence electrons. The lowest BCUT2D eigenvalue weighted by atomic mass is 9.92. The summed E-state index contributed by atoms with van der Waals surface area (Å²) in [5.74, 6) is -0.0254. The van der Waals surface area contributed by atoms with Crippen molar-refractivity contribution in [3.05, 3.63) is 0 Å². The van der Waals surface area contributed by atoms with Crippen LogP contribution in [0.4, 0.5) is 4.79 Å². The van der Waals surface area contributed by atoms with Crippen molar-refractivity contribution in [3.8, 4) is 0 Å². The minimum Gasteiger partial charge on any atom is -0.444 e. The van der Waals surface area contributed by atoms with Gasteiger partial charge in [0, 0.05) is 12.6 Å². The van der Waals surface area contributed by atoms with Crippen molar-refractivity contribution in [2.24, 2.45) is 5.92 Å². The van der Waals surface area contributed by atoms with Crippen LogP contribution in [0.3, 0.4) is 0 Å². The standard InChI is InChI=1S/C10H17NO3/c1-7-8(6-12)5-11(7)9(13)14-10(2,3)4/h6-8H,5H2,1-4H3/t7-,8-/m0/s1. The van der Waals surface area contributed by atoms with Crippen molar-refractivity contribution in [3.63, 3.8) is 0 Å². The van der Waals surface area contributed by atoms with Gasteiger partial charge in [-0.25, -0.2) is 4.79 Å². The number of aldehydes is 1. The third-order valence-corrected chi connectivity index (χ3v) is 2.32. The first kappa shape index (κ1) is 11.0. The van der Waals surface area contributed by atoms with Crippen LogP contribution in [0.1, 0.15) is 27.7 Å². The van der Waals surface area contributed by atoms with Gasteiger partial charge in [-0.3, -0.25) is 0 Å². The molecule has 0 aromatic carbocycles. The molecule has 0 N–H and O–H groups in total. The van der Waals surface area contributed by atoms with E-state index in [9.17, 15) is 9.59 Å². The zero-order chi connectivity index (χ0) is 10.9. The molecule has 4 heteroatoms. The zero-order valence-corrected chi connectivity index (χ0v) is 9.11. The van der Waals surface area contributed by atoms with E-state index in [1.54, 1.807) is 4.90 Å². The summed E-state index contributed by atoms with van der Waals surface area (Å²) in [6.07, 6.45) is 0.564. The molecule has 1 heterocycles. The number of nitrogens with zero attached hydrogens (tertiary/aromatic N) is 1. The average Bonchev–Trinajstić information content (AvgIpc) is 1.99. The van der Waals surface area contributed by atoms with E-state index in [0.29, 0.717) is 6.54 Å². The lowest BCUT2D eigenvalue weighted by Gasteiger charge is -2.43. The van der Waals surface area contributed by atoms with Gasteiger partial charge in [-0.15, -0.1) is 0 Å². The summed E-state index contributed by atoms with van der Waals surface area (Å²) < 4.78 is 5.18. The summed E-state index contributed by atoms with van der Waals surface area (Å²) in [6, 6.07) is -0.0256. The third-order valence-electron chi connectivity index (χ3n) is 2.32. The van der Waals surface area contributed by atoms with Crippen LogP contribution in [0.2, 0.25) is 0 Å². The van der Waals surface area contributed by atoms with E-state index < -0.39 is 5.60 Å². The maximum Gasteiger partial charge on any atom is 0.410 e. The largest absolute Gasteiger partial charge is 0.444 e. The van der Waals surface area contributed by atoms with Crippen molar-refractivity contribution in [1.29, 1.82) is 0 Å². The first-order valence-electron chi connectivity index (χ1n) is 4.80. The number of likely N-dealkylation sites (tertiary alicyclic amines) is 1. The summed E-state index contributed by atoms with van der Waals surface area (Å²) in [7, 11) is 0. The second kappa shape index (κ2) is 3.59. The Morgan fingerprint density at radius 2 is 2.07 bits per heavy atom. The molecule has 0 aromatic heterocycles. The second-order valence-corrected chi connectivity index (χ2v) is 4.67. The van der Waals surface area contributed by atoms with Crippen LogP contribution in [0.5, 0.6) is 0 Å². The molecule has 4 nitrogen and oxygen atoms in total. The number of carbonyl (C=O) groups is 2. The van der Waals surface area contributed by atoms with Gasteiger partial charge in [-0.2, -0.15) is 0 Å². The number of carbonyl (C=O) groups excluding carboxylic acids is 2. The van der Waals surface area contributed by atoms with Gasteiger partial charge in [0.25, 0.3) is 0 Å². The Morgan fingerprint density at radius 3 is 2.43 bits per heavy atom. The summed E-state index contributed by atoms with van der Waals surface area (Å²) in [5, 5.41) is 0. The molecule has 0 bridgehead atoms. The van der Waals surface area contributed by atoms with Crippen LogP contribution >= 0.6 is 0 Å². The highest BCUT2D eigenvalue weighted by Gasteiger charge is 2.40. The Balaban J connectivity index is 2.45. The lowest BCUT2D eigenvalue weighted by Crippen LogP contribution is -2.58. The first-order valence-corrected chi connectivity index (χ1v) is 4.80. The van der Waals surface area contributed by atoms with E-state index in [0.717, 1.165) is 6.29 Å². The number of rotatable bonds is 1. The fraction of sp³-hybridized carbons (Fsp3) is 0.800. The van der Waals surface area contributed by atoms with Gasteiger partial charge < -0.3 is 14.4 Å². The van der Waals surface area contributed by atoms with Gasteiger partial charge in [-0.05, 0) is 27.7 Å². The molecule has 0 saturated carbocycles. The Labute approximate surface area is 84.2 Å². The molecular formula is C10H17NO3. The molecule has 0 radical (unpaired) electrons. The maximum atomic E-state index is 11.5. The fourth-order valence-electron chi connectivity index (χ4n) is 1.36. The van der Waals surface area contributed by atoms with Gasteiger partial charge in [0.15, 0.2) is 0 Å². The second-order valence-electron chi connectivity index (χ2n) is 4.67. The van der Waals surface area contributed by atoms with Gasteiger partial charge in [0.2, 0.25) is 0 Å². The molecule has 0 aromatic rings. The van der Waals surface area contributed by atoms with Gasteiger partial charge in [0.05, 0.1) is 5.92 Å². The number of hydrogen-bond acceptors (Lipinski definition) is 3. The van der Waals surface area contributed by atoms with E-state index in [-0.39, 0.29) is 18.1 Å². The highest BCUT2D eigenvalue weighted by atomic mass is 16.6. The van der Waals surface area contributed by atoms with E-state index in [1.807, 2.05) is 27.7 Å². The molecule has 0 aliphatic carbocycles. The summed E-state index contributed by atoms with van der Waals surface area (Å²) in [5.41, 5.74) is -0.469. The molecule has 1 aliphatic heterocycles. The summed E-state index contributed by atoms with van der Waals surface area (Å²) >= 11 is 0. The van der Waals surface area contributed by atoms with Crippen LogP contribution in [-0.2, 0) is 9.53 Å². The van der Waals surface area contributed by atoms with Crippen LogP contribution in [0.15, 0.2) is 0 Å². The van der Waals surface area contributed by atoms with Gasteiger partial charge >= 0.3 is 6.09 Å². The van der Waals surface area contributed by atoms with Crippen LogP contribution < -0.4 is 0 Å². The average molecular weight is 199 g/mol. The molecule has 1 rings (SSSR count). The van der Waals surface area contributed by atoms with Crippen LogP contribution in [-0.4, -0.2) is 35.5 Å². The Bertz CT molecular complexity index is 244. The molecule has 0 spiro atoms. The van der Waals surface area contributed by atoms with Crippen molar-refractivity contribution < 1.29 is 14.3 Å². The van der Waals surface area contributed by atoms with Crippen molar-refractivity contribution in [2.45, 2.75) is 39.3 Å². The maximum absolute atomic E-state index is 11.5. The zero-order valence-electron chi connectivity index (χ0n) is 9.11. The molecule has 1 saturated heterocycles. The topological polar surface area (TPSA) is 46.6 Å². The highest BCUT2D eigenvalue weighted by molar-refractivity contribution is 5.72. The van der Waals surface area contributed by atoms with Gasteiger partial charge in [0.1, 0.15) is 11.9 Å². The van der Waals surface area contributed by atoms with Crippen molar-refractivity contribution in [2.75, 3.05) is 6.54 Å². The summed E-state index contributed by atoms with van der Waals surface area (Å²) in [6.45, 7) is 7.82. The van der Waals surface area contributed by atoms with Crippen LogP contribution in [0.25, 0.3) is 0 Å². The Morgan fingerprint density at radius 1 is 1.50 bits per heavy atom. The highest BCUT2D eigenvalue weighted by Crippen LogP contribution is 2.24. The minimum atomic E-state index is -0.469. The van der Waals surface area contributed by atoms with E-state index in [2.05, 4.69) is 0 Å². The molecule has 1 fully saturated rings. The van der Waals surface area contributed by atoms with E-state index in [1.165, 1.54) is 0 Å². The van der Waals surface area contributed by atoms with Crippen molar-refractivity contribution in [1.82, 2.24) is 4.90 Å². The molecule has 2 atom stereocenters.